The molecule has 0 saturated heterocycles. The van der Waals surface area contributed by atoms with Crippen molar-refractivity contribution in [3.8, 4) is 0 Å². The number of amidine groups is 1. The molecular weight excluding hydrogens is 242 g/mol. The number of aliphatic imine (C=N–C) groups is 1. The summed E-state index contributed by atoms with van der Waals surface area (Å²) < 4.78 is 0. The van der Waals surface area contributed by atoms with E-state index in [0.717, 1.165) is 37.3 Å². The van der Waals surface area contributed by atoms with Crippen molar-refractivity contribution in [2.24, 2.45) is 4.99 Å². The summed E-state index contributed by atoms with van der Waals surface area (Å²) in [6, 6.07) is 6.68. The fourth-order valence-corrected chi connectivity index (χ4v) is 1.66. The molecule has 1 N–H and O–H groups in total. The molecule has 2 rings (SSSR count). The van der Waals surface area contributed by atoms with Gasteiger partial charge < -0.3 is 17.7 Å². The number of nitro groups is 1. The standard InChI is InChI=1S/C11H13N3O2.ClH/c15-14(16)10-4-1-9(2-5-10)3-6-11-12-7-8-13-11;/h1-2,4-5H,3,6-8H2,(H,12,13);1H. The molecule has 0 atom stereocenters. The topological polar surface area (TPSA) is 67.5 Å². The zero-order valence-electron chi connectivity index (χ0n) is 10.2. The van der Waals surface area contributed by atoms with Crippen molar-refractivity contribution in [1.29, 1.82) is 0 Å². The monoisotopic (exact) mass is 255 g/mol. The molecule has 0 fully saturated rings. The van der Waals surface area contributed by atoms with Crippen molar-refractivity contribution < 1.29 is 18.8 Å². The van der Waals surface area contributed by atoms with Gasteiger partial charge in [0, 0.05) is 25.1 Å². The van der Waals surface area contributed by atoms with Gasteiger partial charge in [0.15, 0.2) is 0 Å². The molecule has 92 valence electrons. The highest BCUT2D eigenvalue weighted by molar-refractivity contribution is 5.83. The summed E-state index contributed by atoms with van der Waals surface area (Å²) in [5.74, 6) is 1.04. The van der Waals surface area contributed by atoms with Crippen molar-refractivity contribution in [1.82, 2.24) is 5.32 Å². The van der Waals surface area contributed by atoms with E-state index >= 15 is 0 Å². The van der Waals surface area contributed by atoms with Crippen LogP contribution < -0.4 is 17.7 Å². The highest BCUT2D eigenvalue weighted by Crippen LogP contribution is 2.13. The van der Waals surface area contributed by atoms with Crippen LogP contribution in [-0.2, 0) is 6.42 Å². The van der Waals surface area contributed by atoms with Crippen molar-refractivity contribution in [3.05, 3.63) is 39.9 Å². The van der Waals surface area contributed by atoms with Gasteiger partial charge in [0.1, 0.15) is 0 Å². The molecule has 1 aromatic carbocycles. The lowest BCUT2D eigenvalue weighted by molar-refractivity contribution is -0.384. The average Bonchev–Trinajstić information content (AvgIpc) is 2.80. The lowest BCUT2D eigenvalue weighted by Crippen LogP contribution is -3.00. The van der Waals surface area contributed by atoms with Crippen LogP contribution in [0.15, 0.2) is 29.3 Å². The van der Waals surface area contributed by atoms with Crippen molar-refractivity contribution in [2.45, 2.75) is 12.8 Å². The van der Waals surface area contributed by atoms with E-state index in [2.05, 4.69) is 10.3 Å². The van der Waals surface area contributed by atoms with E-state index in [0.29, 0.717) is 0 Å². The predicted octanol–water partition coefficient (Wildman–Crippen LogP) is -1.35. The molecule has 0 aliphatic carbocycles. The van der Waals surface area contributed by atoms with Crippen molar-refractivity contribution in [3.63, 3.8) is 0 Å². The van der Waals surface area contributed by atoms with Crippen molar-refractivity contribution in [2.75, 3.05) is 13.1 Å². The summed E-state index contributed by atoms with van der Waals surface area (Å²) in [6.07, 6.45) is 1.74. The summed E-state index contributed by atoms with van der Waals surface area (Å²) in [5, 5.41) is 13.7. The summed E-state index contributed by atoms with van der Waals surface area (Å²) in [7, 11) is 0. The Morgan fingerprint density at radius 2 is 2.06 bits per heavy atom. The van der Waals surface area contributed by atoms with Crippen LogP contribution >= 0.6 is 0 Å². The summed E-state index contributed by atoms with van der Waals surface area (Å²) >= 11 is 0. The van der Waals surface area contributed by atoms with Gasteiger partial charge in [0.2, 0.25) is 0 Å². The third-order valence-corrected chi connectivity index (χ3v) is 2.54. The highest BCUT2D eigenvalue weighted by atomic mass is 35.5. The number of benzene rings is 1. The smallest absolute Gasteiger partial charge is 1.00 e. The molecule has 0 aromatic heterocycles. The van der Waals surface area contributed by atoms with Crippen LogP contribution in [0.3, 0.4) is 0 Å². The first-order valence-electron chi connectivity index (χ1n) is 5.26. The van der Waals surface area contributed by atoms with Crippen molar-refractivity contribution >= 4 is 11.5 Å². The van der Waals surface area contributed by atoms with Gasteiger partial charge in [-0.05, 0) is 12.0 Å². The Hall–Kier alpha value is -1.62. The predicted molar refractivity (Wildman–Crippen MR) is 62.8 cm³/mol. The van der Waals surface area contributed by atoms with E-state index < -0.39 is 0 Å². The molecule has 0 amide bonds. The summed E-state index contributed by atoms with van der Waals surface area (Å²) in [6.45, 7) is 1.78. The Kier molecular flexibility index (Phi) is 4.90. The van der Waals surface area contributed by atoms with Crippen LogP contribution in [0, 0.1) is 10.1 Å². The minimum absolute atomic E-state index is 0. The van der Waals surface area contributed by atoms with Gasteiger partial charge in [-0.2, -0.15) is 0 Å². The fraction of sp³-hybridized carbons (Fsp3) is 0.364. The van der Waals surface area contributed by atoms with Gasteiger partial charge in [-0.1, -0.05) is 12.1 Å². The Balaban J connectivity index is 0.00000144. The first-order chi connectivity index (χ1) is 7.75. The number of nitrogens with one attached hydrogen (secondary N) is 1. The zero-order chi connectivity index (χ0) is 11.4. The number of nitrogens with zero attached hydrogens (tertiary/aromatic N) is 2. The highest BCUT2D eigenvalue weighted by Gasteiger charge is 2.07. The first kappa shape index (κ1) is 13.4. The third-order valence-electron chi connectivity index (χ3n) is 2.54. The van der Waals surface area contributed by atoms with Crippen LogP contribution in [0.1, 0.15) is 13.4 Å². The molecular formula is C11H14ClN3O2. The van der Waals surface area contributed by atoms with Crippen LogP contribution in [0.4, 0.5) is 5.69 Å². The van der Waals surface area contributed by atoms with E-state index in [1.807, 2.05) is 0 Å². The van der Waals surface area contributed by atoms with Gasteiger partial charge in [-0.25, -0.2) is 0 Å². The molecule has 0 spiro atoms. The molecule has 1 aromatic rings. The second-order valence-corrected chi connectivity index (χ2v) is 3.68. The number of nitro benzene ring substituents is 1. The Morgan fingerprint density at radius 3 is 2.59 bits per heavy atom. The third kappa shape index (κ3) is 3.71. The van der Waals surface area contributed by atoms with E-state index in [9.17, 15) is 10.1 Å². The van der Waals surface area contributed by atoms with Crippen LogP contribution in [-0.4, -0.2) is 23.8 Å². The number of aryl methyl sites for hydroxylation is 1. The largest absolute Gasteiger partial charge is 1.00 e. The van der Waals surface area contributed by atoms with Gasteiger partial charge in [0.05, 0.1) is 17.3 Å². The summed E-state index contributed by atoms with van der Waals surface area (Å²) in [5.41, 5.74) is 1.24. The summed E-state index contributed by atoms with van der Waals surface area (Å²) in [4.78, 5) is 14.4. The number of halogens is 1. The lowest BCUT2D eigenvalue weighted by Gasteiger charge is -2.02. The van der Waals surface area contributed by atoms with Gasteiger partial charge in [-0.15, -0.1) is 0 Å². The normalized spacial score (nSPS) is 13.5. The number of hydrogen-bond acceptors (Lipinski definition) is 4. The first-order valence-corrected chi connectivity index (χ1v) is 5.26. The van der Waals surface area contributed by atoms with Gasteiger partial charge in [-0.3, -0.25) is 15.1 Å². The van der Waals surface area contributed by atoms with E-state index in [1.54, 1.807) is 24.3 Å². The second-order valence-electron chi connectivity index (χ2n) is 3.68. The molecule has 1 aliphatic heterocycles. The Labute approximate surface area is 107 Å². The molecule has 6 heteroatoms. The minimum Gasteiger partial charge on any atom is -1.00 e. The number of hydrogen-bond donors (Lipinski definition) is 1. The SMILES string of the molecule is O=[N+]([O-])c1ccc(CCC2=NCCN2)cc1.[Cl-].[H+]. The van der Waals surface area contributed by atoms with Gasteiger partial charge >= 0.3 is 1.43 Å². The maximum Gasteiger partial charge on any atom is 1.00 e. The van der Waals surface area contributed by atoms with Crippen LogP contribution in [0.25, 0.3) is 0 Å². The molecule has 0 bridgehead atoms. The Bertz CT molecular complexity index is 423. The molecule has 0 radical (unpaired) electrons. The number of non-ortho nitro benzene ring substituents is 1. The minimum atomic E-state index is -0.383. The quantitative estimate of drug-likeness (QED) is 0.534. The van der Waals surface area contributed by atoms with Gasteiger partial charge in [0.25, 0.3) is 5.69 Å². The molecule has 0 unspecified atom stereocenters. The van der Waals surface area contributed by atoms with E-state index in [4.69, 9.17) is 0 Å². The zero-order valence-corrected chi connectivity index (χ0v) is 9.98. The lowest BCUT2D eigenvalue weighted by atomic mass is 10.1. The second kappa shape index (κ2) is 6.20. The molecule has 1 heterocycles. The Morgan fingerprint density at radius 1 is 1.35 bits per heavy atom. The molecule has 1 aliphatic rings. The maximum atomic E-state index is 10.5. The van der Waals surface area contributed by atoms with E-state index in [1.165, 1.54) is 0 Å². The van der Waals surface area contributed by atoms with Crippen LogP contribution in [0.5, 0.6) is 0 Å². The maximum absolute atomic E-state index is 10.5. The molecule has 0 saturated carbocycles. The molecule has 5 nitrogen and oxygen atoms in total. The average molecular weight is 256 g/mol. The van der Waals surface area contributed by atoms with E-state index in [-0.39, 0.29) is 24.4 Å². The van der Waals surface area contributed by atoms with Crippen LogP contribution in [0.2, 0.25) is 0 Å². The fourth-order valence-electron chi connectivity index (χ4n) is 1.66. The molecule has 17 heavy (non-hydrogen) atoms. The number of rotatable bonds is 4.